The fourth-order valence-electron chi connectivity index (χ4n) is 2.81. The van der Waals surface area contributed by atoms with Crippen LogP contribution in [0, 0.1) is 5.92 Å². The van der Waals surface area contributed by atoms with E-state index < -0.39 is 10.0 Å². The minimum atomic E-state index is -3.47. The molecule has 4 N–H and O–H groups in total. The molecule has 2 rings (SSSR count). The molecule has 1 aliphatic carbocycles. The second kappa shape index (κ2) is 9.36. The molecule has 24 heavy (non-hydrogen) atoms. The second-order valence-electron chi connectivity index (χ2n) is 6.03. The average molecular weight is 376 g/mol. The molecule has 1 aliphatic rings. The zero-order chi connectivity index (χ0) is 16.9. The first kappa shape index (κ1) is 20.9. The van der Waals surface area contributed by atoms with Gasteiger partial charge in [0.15, 0.2) is 0 Å². The number of rotatable bonds is 7. The fraction of sp³-hybridized carbons (Fsp3) is 0.562. The molecule has 1 amide bonds. The molecule has 8 heteroatoms. The Morgan fingerprint density at radius 2 is 1.92 bits per heavy atom. The van der Waals surface area contributed by atoms with Gasteiger partial charge in [-0.25, -0.2) is 13.1 Å². The summed E-state index contributed by atoms with van der Waals surface area (Å²) in [7, 11) is -3.47. The number of hydrogen-bond donors (Lipinski definition) is 3. The van der Waals surface area contributed by atoms with Crippen LogP contribution in [0.2, 0.25) is 0 Å². The van der Waals surface area contributed by atoms with Crippen LogP contribution in [0.5, 0.6) is 0 Å². The number of hydrogen-bond acceptors (Lipinski definition) is 4. The highest BCUT2D eigenvalue weighted by Crippen LogP contribution is 2.27. The smallest absolute Gasteiger partial charge is 0.240 e. The van der Waals surface area contributed by atoms with Gasteiger partial charge in [0.2, 0.25) is 15.9 Å². The van der Waals surface area contributed by atoms with E-state index in [-0.39, 0.29) is 35.2 Å². The first-order chi connectivity index (χ1) is 10.9. The molecule has 0 bridgehead atoms. The molecule has 0 heterocycles. The third-order valence-corrected chi connectivity index (χ3v) is 5.63. The molecule has 1 aromatic rings. The van der Waals surface area contributed by atoms with Crippen LogP contribution in [0.25, 0.3) is 0 Å². The van der Waals surface area contributed by atoms with Crippen molar-refractivity contribution >= 4 is 34.0 Å². The lowest BCUT2D eigenvalue weighted by atomic mass is 10.00. The summed E-state index contributed by atoms with van der Waals surface area (Å²) in [5.74, 6) is 0.167. The molecular formula is C16H26ClN3O3S. The van der Waals surface area contributed by atoms with Crippen molar-refractivity contribution in [2.75, 3.05) is 11.9 Å². The minimum Gasteiger partial charge on any atom is -0.327 e. The van der Waals surface area contributed by atoms with Crippen molar-refractivity contribution in [2.24, 2.45) is 11.7 Å². The largest absolute Gasteiger partial charge is 0.327 e. The predicted octanol–water partition coefficient (Wildman–Crippen LogP) is 2.25. The van der Waals surface area contributed by atoms with Crippen LogP contribution in [0.1, 0.15) is 39.0 Å². The normalized spacial score (nSPS) is 20.4. The maximum Gasteiger partial charge on any atom is 0.240 e. The highest BCUT2D eigenvalue weighted by Gasteiger charge is 2.26. The molecule has 1 saturated carbocycles. The Morgan fingerprint density at radius 3 is 2.46 bits per heavy atom. The molecule has 0 spiro atoms. The van der Waals surface area contributed by atoms with Crippen LogP contribution < -0.4 is 15.8 Å². The van der Waals surface area contributed by atoms with E-state index in [1.54, 1.807) is 12.1 Å². The quantitative estimate of drug-likeness (QED) is 0.680. The number of benzene rings is 1. The minimum absolute atomic E-state index is 0. The van der Waals surface area contributed by atoms with E-state index in [4.69, 9.17) is 5.73 Å². The molecule has 0 saturated heterocycles. The summed E-state index contributed by atoms with van der Waals surface area (Å²) >= 11 is 0. The van der Waals surface area contributed by atoms with Gasteiger partial charge in [-0.05, 0) is 49.4 Å². The number of nitrogens with two attached hydrogens (primary N) is 1. The molecule has 0 radical (unpaired) electrons. The van der Waals surface area contributed by atoms with E-state index in [2.05, 4.69) is 10.0 Å². The molecule has 1 fully saturated rings. The van der Waals surface area contributed by atoms with Gasteiger partial charge in [0.1, 0.15) is 0 Å². The average Bonchev–Trinajstić information content (AvgIpc) is 2.91. The van der Waals surface area contributed by atoms with Crippen LogP contribution in [0.4, 0.5) is 5.69 Å². The molecule has 0 aliphatic heterocycles. The number of halogens is 1. The lowest BCUT2D eigenvalue weighted by Gasteiger charge is -2.15. The summed E-state index contributed by atoms with van der Waals surface area (Å²) in [5.41, 5.74) is 6.57. The number of carbonyl (C=O) groups is 1. The summed E-state index contributed by atoms with van der Waals surface area (Å²) in [6, 6.07) is 6.31. The molecule has 136 valence electrons. The van der Waals surface area contributed by atoms with Crippen molar-refractivity contribution in [1.29, 1.82) is 0 Å². The maximum absolute atomic E-state index is 12.0. The number of anilines is 1. The van der Waals surface area contributed by atoms with Gasteiger partial charge in [0, 0.05) is 24.7 Å². The van der Waals surface area contributed by atoms with Gasteiger partial charge in [-0.3, -0.25) is 4.79 Å². The van der Waals surface area contributed by atoms with Gasteiger partial charge in [-0.15, -0.1) is 12.4 Å². The summed E-state index contributed by atoms with van der Waals surface area (Å²) in [6.07, 6.45) is 4.20. The van der Waals surface area contributed by atoms with Crippen molar-refractivity contribution < 1.29 is 13.2 Å². The van der Waals surface area contributed by atoms with Crippen molar-refractivity contribution in [1.82, 2.24) is 4.72 Å². The number of sulfonamides is 1. The predicted molar refractivity (Wildman–Crippen MR) is 97.7 cm³/mol. The van der Waals surface area contributed by atoms with Gasteiger partial charge >= 0.3 is 0 Å². The van der Waals surface area contributed by atoms with Crippen LogP contribution >= 0.6 is 12.4 Å². The Labute approximate surface area is 150 Å². The van der Waals surface area contributed by atoms with Crippen LogP contribution in [0.3, 0.4) is 0 Å². The molecule has 0 unspecified atom stereocenters. The van der Waals surface area contributed by atoms with Crippen LogP contribution in [-0.2, 0) is 14.8 Å². The van der Waals surface area contributed by atoms with Crippen molar-refractivity contribution in [3.63, 3.8) is 0 Å². The first-order valence-corrected chi connectivity index (χ1v) is 9.56. The third kappa shape index (κ3) is 5.73. The summed E-state index contributed by atoms with van der Waals surface area (Å²) in [6.45, 7) is 2.31. The van der Waals surface area contributed by atoms with E-state index in [1.165, 1.54) is 12.1 Å². The lowest BCUT2D eigenvalue weighted by molar-refractivity contribution is -0.117. The maximum atomic E-state index is 12.0. The topological polar surface area (TPSA) is 101 Å². The summed E-state index contributed by atoms with van der Waals surface area (Å²) in [5, 5.41) is 2.80. The van der Waals surface area contributed by atoms with Gasteiger partial charge < -0.3 is 11.1 Å². The van der Waals surface area contributed by atoms with Crippen LogP contribution in [-0.4, -0.2) is 26.9 Å². The highest BCUT2D eigenvalue weighted by molar-refractivity contribution is 7.89. The standard InChI is InChI=1S/C16H25N3O3S.ClH/c1-2-10-18-23(21,22)14-8-6-13(7-9-14)19-16(20)11-12-4-3-5-15(12)17;/h6-9,12,15,18H,2-5,10-11,17H2,1H3,(H,19,20);1H/t12-,15+;/m0./s1. The van der Waals surface area contributed by atoms with Gasteiger partial charge in [-0.1, -0.05) is 13.3 Å². The molecule has 6 nitrogen and oxygen atoms in total. The highest BCUT2D eigenvalue weighted by atomic mass is 35.5. The van der Waals surface area contributed by atoms with E-state index >= 15 is 0 Å². The monoisotopic (exact) mass is 375 g/mol. The SMILES string of the molecule is CCCNS(=O)(=O)c1ccc(NC(=O)C[C@@H]2CCC[C@H]2N)cc1.Cl. The van der Waals surface area contributed by atoms with E-state index in [0.29, 0.717) is 18.7 Å². The molecular weight excluding hydrogens is 350 g/mol. The summed E-state index contributed by atoms with van der Waals surface area (Å²) in [4.78, 5) is 12.2. The van der Waals surface area contributed by atoms with Crippen molar-refractivity contribution in [3.05, 3.63) is 24.3 Å². The van der Waals surface area contributed by atoms with Gasteiger partial charge in [0.25, 0.3) is 0 Å². The number of carbonyl (C=O) groups excluding carboxylic acids is 1. The van der Waals surface area contributed by atoms with E-state index in [1.807, 2.05) is 6.92 Å². The van der Waals surface area contributed by atoms with Gasteiger partial charge in [0.05, 0.1) is 4.90 Å². The van der Waals surface area contributed by atoms with E-state index in [9.17, 15) is 13.2 Å². The van der Waals surface area contributed by atoms with E-state index in [0.717, 1.165) is 25.7 Å². The van der Waals surface area contributed by atoms with Crippen LogP contribution in [0.15, 0.2) is 29.2 Å². The lowest BCUT2D eigenvalue weighted by Crippen LogP contribution is -2.28. The Bertz CT molecular complexity index is 634. The van der Waals surface area contributed by atoms with Gasteiger partial charge in [-0.2, -0.15) is 0 Å². The zero-order valence-electron chi connectivity index (χ0n) is 13.8. The molecule has 2 atom stereocenters. The number of nitrogens with one attached hydrogen (secondary N) is 2. The number of amides is 1. The Balaban J connectivity index is 0.00000288. The Hall–Kier alpha value is -1.15. The third-order valence-electron chi connectivity index (χ3n) is 4.16. The van der Waals surface area contributed by atoms with Crippen molar-refractivity contribution in [3.8, 4) is 0 Å². The van der Waals surface area contributed by atoms with Crippen molar-refractivity contribution in [2.45, 2.75) is 50.0 Å². The Kier molecular flexibility index (Phi) is 8.15. The second-order valence-corrected chi connectivity index (χ2v) is 7.80. The summed E-state index contributed by atoms with van der Waals surface area (Å²) < 4.78 is 26.5. The Morgan fingerprint density at radius 1 is 1.25 bits per heavy atom. The fourth-order valence-corrected chi connectivity index (χ4v) is 3.94. The molecule has 1 aromatic carbocycles. The molecule has 0 aromatic heterocycles. The zero-order valence-corrected chi connectivity index (χ0v) is 15.5. The first-order valence-electron chi connectivity index (χ1n) is 8.07.